The van der Waals surface area contributed by atoms with Gasteiger partial charge in [-0.1, -0.05) is 12.1 Å². The quantitative estimate of drug-likeness (QED) is 0.806. The molecule has 1 saturated carbocycles. The molecule has 0 radical (unpaired) electrons. The van der Waals surface area contributed by atoms with Crippen molar-refractivity contribution < 1.29 is 0 Å². The fourth-order valence-electron chi connectivity index (χ4n) is 2.86. The standard InChI is InChI=1S/C14H17N3/c15-8-7-14(5-6-14)10-17-9-4-11-2-1-3-12(16)13(11)17/h1-3H,4-7,9-10,16H2. The number of nitrogens with zero attached hydrogens (tertiary/aromatic N) is 2. The van der Waals surface area contributed by atoms with Crippen molar-refractivity contribution in [2.24, 2.45) is 5.41 Å². The largest absolute Gasteiger partial charge is 0.397 e. The van der Waals surface area contributed by atoms with E-state index in [0.717, 1.165) is 25.2 Å². The van der Waals surface area contributed by atoms with E-state index in [4.69, 9.17) is 11.0 Å². The summed E-state index contributed by atoms with van der Waals surface area (Å²) >= 11 is 0. The Morgan fingerprint density at radius 1 is 1.41 bits per heavy atom. The van der Waals surface area contributed by atoms with E-state index in [-0.39, 0.29) is 5.41 Å². The maximum absolute atomic E-state index is 8.87. The molecule has 3 nitrogen and oxygen atoms in total. The van der Waals surface area contributed by atoms with Crippen molar-refractivity contribution >= 4 is 11.4 Å². The Kier molecular flexibility index (Phi) is 2.25. The highest BCUT2D eigenvalue weighted by Crippen LogP contribution is 2.50. The summed E-state index contributed by atoms with van der Waals surface area (Å²) in [5, 5.41) is 8.87. The lowest BCUT2D eigenvalue weighted by Crippen LogP contribution is -2.29. The summed E-state index contributed by atoms with van der Waals surface area (Å²) < 4.78 is 0. The van der Waals surface area contributed by atoms with Crippen LogP contribution in [0.1, 0.15) is 24.8 Å². The number of anilines is 2. The van der Waals surface area contributed by atoms with Crippen molar-refractivity contribution in [3.05, 3.63) is 23.8 Å². The Morgan fingerprint density at radius 2 is 2.24 bits per heavy atom. The van der Waals surface area contributed by atoms with Crippen molar-refractivity contribution in [1.82, 2.24) is 0 Å². The smallest absolute Gasteiger partial charge is 0.0633 e. The Balaban J connectivity index is 1.83. The molecular weight excluding hydrogens is 210 g/mol. The van der Waals surface area contributed by atoms with Crippen LogP contribution in [0, 0.1) is 16.7 Å². The highest BCUT2D eigenvalue weighted by atomic mass is 15.2. The molecule has 0 atom stereocenters. The van der Waals surface area contributed by atoms with Gasteiger partial charge in [0.05, 0.1) is 17.4 Å². The molecule has 1 fully saturated rings. The first kappa shape index (κ1) is 10.5. The highest BCUT2D eigenvalue weighted by Gasteiger charge is 2.44. The van der Waals surface area contributed by atoms with Crippen LogP contribution in [0.5, 0.6) is 0 Å². The van der Waals surface area contributed by atoms with Crippen molar-refractivity contribution in [1.29, 1.82) is 5.26 Å². The topological polar surface area (TPSA) is 53.0 Å². The molecule has 1 heterocycles. The van der Waals surface area contributed by atoms with Crippen LogP contribution >= 0.6 is 0 Å². The zero-order chi connectivity index (χ0) is 11.9. The van der Waals surface area contributed by atoms with Crippen LogP contribution in [-0.2, 0) is 6.42 Å². The van der Waals surface area contributed by atoms with Gasteiger partial charge in [-0.3, -0.25) is 0 Å². The van der Waals surface area contributed by atoms with E-state index in [0.29, 0.717) is 6.42 Å². The predicted octanol–water partition coefficient (Wildman–Crippen LogP) is 2.33. The lowest BCUT2D eigenvalue weighted by molar-refractivity contribution is 0.515. The molecule has 1 aliphatic carbocycles. The average Bonchev–Trinajstić information content (AvgIpc) is 2.92. The lowest BCUT2D eigenvalue weighted by atomic mass is 10.0. The molecule has 1 aromatic carbocycles. The first-order valence-corrected chi connectivity index (χ1v) is 6.23. The molecule has 0 saturated heterocycles. The van der Waals surface area contributed by atoms with Crippen molar-refractivity contribution in [3.63, 3.8) is 0 Å². The third-order valence-electron chi connectivity index (χ3n) is 4.06. The van der Waals surface area contributed by atoms with E-state index in [9.17, 15) is 0 Å². The number of nitrogen functional groups attached to an aromatic ring is 1. The van der Waals surface area contributed by atoms with E-state index < -0.39 is 0 Å². The summed E-state index contributed by atoms with van der Waals surface area (Å²) in [6.07, 6.45) is 4.16. The van der Waals surface area contributed by atoms with Crippen LogP contribution in [0.2, 0.25) is 0 Å². The summed E-state index contributed by atoms with van der Waals surface area (Å²) in [5.74, 6) is 0. The second-order valence-electron chi connectivity index (χ2n) is 5.36. The minimum Gasteiger partial charge on any atom is -0.397 e. The van der Waals surface area contributed by atoms with E-state index in [1.54, 1.807) is 0 Å². The van der Waals surface area contributed by atoms with Crippen molar-refractivity contribution in [2.75, 3.05) is 23.7 Å². The summed E-state index contributed by atoms with van der Waals surface area (Å²) in [7, 11) is 0. The zero-order valence-corrected chi connectivity index (χ0v) is 9.95. The van der Waals surface area contributed by atoms with Crippen LogP contribution < -0.4 is 10.6 Å². The van der Waals surface area contributed by atoms with Gasteiger partial charge in [0.25, 0.3) is 0 Å². The van der Waals surface area contributed by atoms with Crippen LogP contribution in [0.25, 0.3) is 0 Å². The van der Waals surface area contributed by atoms with E-state index in [2.05, 4.69) is 17.0 Å². The molecule has 3 rings (SSSR count). The van der Waals surface area contributed by atoms with Crippen molar-refractivity contribution in [2.45, 2.75) is 25.7 Å². The Hall–Kier alpha value is -1.69. The molecule has 0 bridgehead atoms. The number of hydrogen-bond acceptors (Lipinski definition) is 3. The third kappa shape index (κ3) is 1.74. The Bertz CT molecular complexity index is 483. The first-order valence-electron chi connectivity index (χ1n) is 6.23. The monoisotopic (exact) mass is 227 g/mol. The van der Waals surface area contributed by atoms with Crippen LogP contribution in [0.3, 0.4) is 0 Å². The molecule has 3 heteroatoms. The number of benzene rings is 1. The van der Waals surface area contributed by atoms with E-state index >= 15 is 0 Å². The maximum atomic E-state index is 8.87. The summed E-state index contributed by atoms with van der Waals surface area (Å²) in [6.45, 7) is 2.05. The summed E-state index contributed by atoms with van der Waals surface area (Å²) in [6, 6.07) is 8.49. The number of para-hydroxylation sites is 1. The highest BCUT2D eigenvalue weighted by molar-refractivity contribution is 5.74. The van der Waals surface area contributed by atoms with Gasteiger partial charge in [0, 0.05) is 24.9 Å². The van der Waals surface area contributed by atoms with Gasteiger partial charge in [-0.15, -0.1) is 0 Å². The maximum Gasteiger partial charge on any atom is 0.0633 e. The van der Waals surface area contributed by atoms with Crippen LogP contribution in [0.15, 0.2) is 18.2 Å². The van der Waals surface area contributed by atoms with E-state index in [1.807, 2.05) is 12.1 Å². The molecule has 88 valence electrons. The van der Waals surface area contributed by atoms with Gasteiger partial charge in [0.2, 0.25) is 0 Å². The zero-order valence-electron chi connectivity index (χ0n) is 9.95. The second-order valence-corrected chi connectivity index (χ2v) is 5.36. The van der Waals surface area contributed by atoms with Gasteiger partial charge in [-0.05, 0) is 30.9 Å². The average molecular weight is 227 g/mol. The minimum absolute atomic E-state index is 0.263. The van der Waals surface area contributed by atoms with Crippen molar-refractivity contribution in [3.8, 4) is 6.07 Å². The van der Waals surface area contributed by atoms with Crippen LogP contribution in [-0.4, -0.2) is 13.1 Å². The lowest BCUT2D eigenvalue weighted by Gasteiger charge is -2.25. The minimum atomic E-state index is 0.263. The van der Waals surface area contributed by atoms with Gasteiger partial charge >= 0.3 is 0 Å². The molecule has 1 aliphatic heterocycles. The molecular formula is C14H17N3. The van der Waals surface area contributed by atoms with Gasteiger partial charge in [-0.25, -0.2) is 0 Å². The molecule has 0 amide bonds. The summed E-state index contributed by atoms with van der Waals surface area (Å²) in [5.41, 5.74) is 9.79. The fraction of sp³-hybridized carbons (Fsp3) is 0.500. The van der Waals surface area contributed by atoms with Crippen LogP contribution in [0.4, 0.5) is 11.4 Å². The number of nitriles is 1. The third-order valence-corrected chi connectivity index (χ3v) is 4.06. The van der Waals surface area contributed by atoms with E-state index in [1.165, 1.54) is 24.1 Å². The molecule has 1 aromatic rings. The molecule has 2 aliphatic rings. The Morgan fingerprint density at radius 3 is 2.94 bits per heavy atom. The van der Waals surface area contributed by atoms with Gasteiger partial charge in [0.15, 0.2) is 0 Å². The fourth-order valence-corrected chi connectivity index (χ4v) is 2.86. The Labute approximate surface area is 102 Å². The molecule has 0 aromatic heterocycles. The number of fused-ring (bicyclic) bond motifs is 1. The number of hydrogen-bond donors (Lipinski definition) is 1. The number of nitrogens with two attached hydrogens (primary N) is 1. The first-order chi connectivity index (χ1) is 8.24. The van der Waals surface area contributed by atoms with Gasteiger partial charge in [0.1, 0.15) is 0 Å². The SMILES string of the molecule is N#CCC1(CN2CCc3cccc(N)c32)CC1. The molecule has 2 N–H and O–H groups in total. The molecule has 0 spiro atoms. The predicted molar refractivity (Wildman–Crippen MR) is 68.7 cm³/mol. The normalized spacial score (nSPS) is 19.8. The second kappa shape index (κ2) is 3.66. The number of rotatable bonds is 3. The molecule has 17 heavy (non-hydrogen) atoms. The summed E-state index contributed by atoms with van der Waals surface area (Å²) in [4.78, 5) is 2.38. The van der Waals surface area contributed by atoms with Gasteiger partial charge in [-0.2, -0.15) is 5.26 Å². The van der Waals surface area contributed by atoms with Gasteiger partial charge < -0.3 is 10.6 Å². The molecule has 0 unspecified atom stereocenters.